The van der Waals surface area contributed by atoms with E-state index in [1.54, 1.807) is 26.4 Å². The van der Waals surface area contributed by atoms with Gasteiger partial charge in [-0.2, -0.15) is 4.31 Å². The highest BCUT2D eigenvalue weighted by atomic mass is 32.2. The minimum Gasteiger partial charge on any atom is -0.497 e. The lowest BCUT2D eigenvalue weighted by atomic mass is 10.1. The zero-order chi connectivity index (χ0) is 23.3. The third-order valence-corrected chi connectivity index (χ3v) is 7.54. The number of ether oxygens (including phenoxy) is 2. The minimum atomic E-state index is -3.73. The van der Waals surface area contributed by atoms with Gasteiger partial charge in [0.25, 0.3) is 0 Å². The molecule has 0 aliphatic carbocycles. The zero-order valence-corrected chi connectivity index (χ0v) is 19.6. The molecule has 0 N–H and O–H groups in total. The molecule has 33 heavy (non-hydrogen) atoms. The summed E-state index contributed by atoms with van der Waals surface area (Å²) in [7, 11) is -0.500. The Morgan fingerprint density at radius 3 is 2.18 bits per heavy atom. The van der Waals surface area contributed by atoms with E-state index in [9.17, 15) is 8.42 Å². The molecule has 0 amide bonds. The third kappa shape index (κ3) is 5.18. The van der Waals surface area contributed by atoms with Crippen LogP contribution in [0.3, 0.4) is 0 Å². The summed E-state index contributed by atoms with van der Waals surface area (Å²) in [6, 6.07) is 28.2. The van der Waals surface area contributed by atoms with Crippen LogP contribution in [0, 0.1) is 0 Å². The molecule has 4 rings (SSSR count). The Balaban J connectivity index is 1.67. The van der Waals surface area contributed by atoms with E-state index in [-0.39, 0.29) is 11.4 Å². The lowest BCUT2D eigenvalue weighted by Gasteiger charge is -2.23. The van der Waals surface area contributed by atoms with Crippen LogP contribution < -0.4 is 9.47 Å². The van der Waals surface area contributed by atoms with Gasteiger partial charge in [0.1, 0.15) is 11.5 Å². The highest BCUT2D eigenvalue weighted by molar-refractivity contribution is 7.89. The number of hydrogen-bond acceptors (Lipinski definition) is 4. The monoisotopic (exact) mass is 461 g/mol. The van der Waals surface area contributed by atoms with E-state index in [4.69, 9.17) is 9.47 Å². The average Bonchev–Trinajstić information content (AvgIpc) is 2.86. The van der Waals surface area contributed by atoms with Gasteiger partial charge in [0.15, 0.2) is 0 Å². The number of nitrogens with zero attached hydrogens (tertiary/aromatic N) is 1. The highest BCUT2D eigenvalue weighted by Crippen LogP contribution is 2.25. The van der Waals surface area contributed by atoms with Gasteiger partial charge in [0.2, 0.25) is 10.0 Å². The normalized spacial score (nSPS) is 11.6. The molecule has 4 aromatic rings. The van der Waals surface area contributed by atoms with Crippen molar-refractivity contribution in [2.75, 3.05) is 20.8 Å². The number of sulfonamides is 1. The topological polar surface area (TPSA) is 55.8 Å². The maximum absolute atomic E-state index is 13.7. The molecular formula is C27H27NO4S. The second kappa shape index (κ2) is 10.1. The molecule has 0 atom stereocenters. The zero-order valence-electron chi connectivity index (χ0n) is 18.8. The maximum atomic E-state index is 13.7. The minimum absolute atomic E-state index is 0.258. The number of benzene rings is 4. The van der Waals surface area contributed by atoms with E-state index in [0.717, 1.165) is 33.4 Å². The van der Waals surface area contributed by atoms with Gasteiger partial charge >= 0.3 is 0 Å². The molecule has 6 heteroatoms. The van der Waals surface area contributed by atoms with Crippen LogP contribution >= 0.6 is 0 Å². The van der Waals surface area contributed by atoms with Gasteiger partial charge in [-0.15, -0.1) is 0 Å². The number of methoxy groups -OCH3 is 2. The predicted molar refractivity (Wildman–Crippen MR) is 131 cm³/mol. The predicted octanol–water partition coefficient (Wildman–Crippen LogP) is 5.29. The summed E-state index contributed by atoms with van der Waals surface area (Å²) < 4.78 is 39.7. The Morgan fingerprint density at radius 2 is 1.45 bits per heavy atom. The molecule has 0 unspecified atom stereocenters. The van der Waals surface area contributed by atoms with E-state index in [0.29, 0.717) is 13.0 Å². The summed E-state index contributed by atoms with van der Waals surface area (Å²) in [5, 5.41) is 1.90. The van der Waals surface area contributed by atoms with E-state index in [1.807, 2.05) is 78.9 Å². The SMILES string of the molecule is COc1ccc(CN(CCc2ccccc2OC)S(=O)(=O)c2ccc3ccccc3c2)cc1. The van der Waals surface area contributed by atoms with Crippen LogP contribution in [0.15, 0.2) is 95.9 Å². The first-order chi connectivity index (χ1) is 16.0. The first-order valence-electron chi connectivity index (χ1n) is 10.7. The second-order valence-corrected chi connectivity index (χ2v) is 9.70. The van der Waals surface area contributed by atoms with Crippen LogP contribution in [-0.4, -0.2) is 33.5 Å². The third-order valence-electron chi connectivity index (χ3n) is 5.70. The number of para-hydroxylation sites is 1. The fraction of sp³-hybridized carbons (Fsp3) is 0.185. The summed E-state index contributed by atoms with van der Waals surface area (Å²) in [5.41, 5.74) is 1.86. The summed E-state index contributed by atoms with van der Waals surface area (Å²) in [5.74, 6) is 1.49. The van der Waals surface area contributed by atoms with E-state index in [2.05, 4.69) is 0 Å². The quantitative estimate of drug-likeness (QED) is 0.340. The van der Waals surface area contributed by atoms with Gasteiger partial charge in [-0.3, -0.25) is 0 Å². The molecule has 0 bridgehead atoms. The van der Waals surface area contributed by atoms with Gasteiger partial charge in [-0.1, -0.05) is 60.7 Å². The van der Waals surface area contributed by atoms with Gasteiger partial charge < -0.3 is 9.47 Å². The summed E-state index contributed by atoms with van der Waals surface area (Å²) in [6.45, 7) is 0.579. The van der Waals surface area contributed by atoms with Gasteiger partial charge in [-0.05, 0) is 58.7 Å². The van der Waals surface area contributed by atoms with Crippen LogP contribution in [0.4, 0.5) is 0 Å². The summed E-state index contributed by atoms with van der Waals surface area (Å²) in [4.78, 5) is 0.287. The molecular weight excluding hydrogens is 434 g/mol. The Morgan fingerprint density at radius 1 is 0.758 bits per heavy atom. The molecule has 0 radical (unpaired) electrons. The van der Waals surface area contributed by atoms with Crippen molar-refractivity contribution in [3.63, 3.8) is 0 Å². The van der Waals surface area contributed by atoms with Crippen LogP contribution in [0.25, 0.3) is 10.8 Å². The molecule has 0 saturated heterocycles. The molecule has 0 spiro atoms. The molecule has 0 fully saturated rings. The smallest absolute Gasteiger partial charge is 0.243 e. The summed E-state index contributed by atoms with van der Waals surface area (Å²) in [6.07, 6.45) is 0.535. The largest absolute Gasteiger partial charge is 0.497 e. The van der Waals surface area contributed by atoms with Crippen LogP contribution in [0.1, 0.15) is 11.1 Å². The van der Waals surface area contributed by atoms with Gasteiger partial charge in [-0.25, -0.2) is 8.42 Å². The second-order valence-electron chi connectivity index (χ2n) is 7.76. The van der Waals surface area contributed by atoms with Crippen LogP contribution in [-0.2, 0) is 23.0 Å². The standard InChI is InChI=1S/C27H27NO4S/c1-31-25-14-11-21(12-15-25)20-28(18-17-23-8-5-6-10-27(23)32-2)33(29,30)26-16-13-22-7-3-4-9-24(22)19-26/h3-16,19H,17-18,20H2,1-2H3. The molecule has 0 heterocycles. The molecule has 5 nitrogen and oxygen atoms in total. The molecule has 0 aliphatic rings. The molecule has 0 aliphatic heterocycles. The Bertz CT molecular complexity index is 1330. The van der Waals surface area contributed by atoms with Crippen LogP contribution in [0.2, 0.25) is 0 Å². The van der Waals surface area contributed by atoms with Crippen molar-refractivity contribution in [1.82, 2.24) is 4.31 Å². The maximum Gasteiger partial charge on any atom is 0.243 e. The van der Waals surface area contributed by atoms with Crippen molar-refractivity contribution in [3.05, 3.63) is 102 Å². The van der Waals surface area contributed by atoms with Crippen molar-refractivity contribution >= 4 is 20.8 Å². The average molecular weight is 462 g/mol. The van der Waals surface area contributed by atoms with Crippen LogP contribution in [0.5, 0.6) is 11.5 Å². The fourth-order valence-corrected chi connectivity index (χ4v) is 5.32. The number of fused-ring (bicyclic) bond motifs is 1. The molecule has 0 aromatic heterocycles. The van der Waals surface area contributed by atoms with Gasteiger partial charge in [0, 0.05) is 13.1 Å². The fourth-order valence-electron chi connectivity index (χ4n) is 3.85. The summed E-state index contributed by atoms with van der Waals surface area (Å²) >= 11 is 0. The number of rotatable bonds is 9. The molecule has 0 saturated carbocycles. The Hall–Kier alpha value is -3.35. The van der Waals surface area contributed by atoms with Crippen molar-refractivity contribution in [2.24, 2.45) is 0 Å². The first kappa shape index (κ1) is 22.8. The van der Waals surface area contributed by atoms with Crippen molar-refractivity contribution in [3.8, 4) is 11.5 Å². The van der Waals surface area contributed by atoms with E-state index < -0.39 is 10.0 Å². The molecule has 170 valence electrons. The number of hydrogen-bond donors (Lipinski definition) is 0. The van der Waals surface area contributed by atoms with Gasteiger partial charge in [0.05, 0.1) is 19.1 Å². The van der Waals surface area contributed by atoms with Crippen molar-refractivity contribution in [2.45, 2.75) is 17.9 Å². The lowest BCUT2D eigenvalue weighted by Crippen LogP contribution is -2.32. The van der Waals surface area contributed by atoms with Crippen molar-refractivity contribution < 1.29 is 17.9 Å². The first-order valence-corrected chi connectivity index (χ1v) is 12.2. The Kier molecular flexibility index (Phi) is 6.96. The lowest BCUT2D eigenvalue weighted by molar-refractivity contribution is 0.392. The van der Waals surface area contributed by atoms with E-state index in [1.165, 1.54) is 4.31 Å². The van der Waals surface area contributed by atoms with E-state index >= 15 is 0 Å². The Labute approximate surface area is 195 Å². The van der Waals surface area contributed by atoms with Crippen molar-refractivity contribution in [1.29, 1.82) is 0 Å². The highest BCUT2D eigenvalue weighted by Gasteiger charge is 2.25. The molecule has 4 aromatic carbocycles.